The molecule has 27 heavy (non-hydrogen) atoms. The summed E-state index contributed by atoms with van der Waals surface area (Å²) in [5.74, 6) is 0.779. The highest BCUT2D eigenvalue weighted by Crippen LogP contribution is 2.24. The van der Waals surface area contributed by atoms with Crippen molar-refractivity contribution >= 4 is 17.6 Å². The normalized spacial score (nSPS) is 16.3. The van der Waals surface area contributed by atoms with Gasteiger partial charge < -0.3 is 20.3 Å². The van der Waals surface area contributed by atoms with Gasteiger partial charge in [0.2, 0.25) is 5.91 Å². The Balaban J connectivity index is 1.50. The molecule has 1 aliphatic rings. The lowest BCUT2D eigenvalue weighted by molar-refractivity contribution is -0.117. The molecule has 1 saturated heterocycles. The van der Waals surface area contributed by atoms with Gasteiger partial charge >= 0.3 is 6.03 Å². The summed E-state index contributed by atoms with van der Waals surface area (Å²) >= 11 is 0. The molecule has 3 amide bonds. The first kappa shape index (κ1) is 18.8. The van der Waals surface area contributed by atoms with Crippen molar-refractivity contribution in [2.75, 3.05) is 18.1 Å². The van der Waals surface area contributed by atoms with Crippen LogP contribution in [-0.2, 0) is 11.3 Å². The van der Waals surface area contributed by atoms with E-state index in [0.717, 1.165) is 17.0 Å². The zero-order chi connectivity index (χ0) is 19.2. The number of benzene rings is 2. The molecule has 3 rings (SSSR count). The van der Waals surface area contributed by atoms with Crippen LogP contribution in [0, 0.1) is 6.92 Å². The van der Waals surface area contributed by atoms with Gasteiger partial charge in [-0.05, 0) is 43.7 Å². The van der Waals surface area contributed by atoms with Crippen molar-refractivity contribution < 1.29 is 14.3 Å². The van der Waals surface area contributed by atoms with Gasteiger partial charge in [0.15, 0.2) is 0 Å². The average molecular weight is 367 g/mol. The average Bonchev–Trinajstić information content (AvgIpc) is 3.02. The molecular weight excluding hydrogens is 342 g/mol. The molecule has 142 valence electrons. The number of anilines is 1. The number of aryl methyl sites for hydroxylation is 1. The van der Waals surface area contributed by atoms with Crippen LogP contribution < -0.4 is 20.3 Å². The number of urea groups is 1. The van der Waals surface area contributed by atoms with E-state index in [1.807, 2.05) is 62.4 Å². The maximum absolute atomic E-state index is 12.3. The molecular formula is C21H25N3O3. The second kappa shape index (κ2) is 8.58. The maximum Gasteiger partial charge on any atom is 0.315 e. The van der Waals surface area contributed by atoms with Crippen molar-refractivity contribution in [2.24, 2.45) is 0 Å². The summed E-state index contributed by atoms with van der Waals surface area (Å²) in [6.07, 6.45) is 0.297. The molecule has 1 fully saturated rings. The van der Waals surface area contributed by atoms with E-state index in [0.29, 0.717) is 26.1 Å². The molecule has 0 unspecified atom stereocenters. The zero-order valence-electron chi connectivity index (χ0n) is 15.7. The monoisotopic (exact) mass is 367 g/mol. The maximum atomic E-state index is 12.3. The largest absolute Gasteiger partial charge is 0.494 e. The number of hydrogen-bond acceptors (Lipinski definition) is 3. The van der Waals surface area contributed by atoms with Gasteiger partial charge in [0.1, 0.15) is 5.75 Å². The van der Waals surface area contributed by atoms with Gasteiger partial charge in [-0.15, -0.1) is 0 Å². The molecule has 2 N–H and O–H groups in total. The van der Waals surface area contributed by atoms with Crippen molar-refractivity contribution in [3.8, 4) is 5.75 Å². The van der Waals surface area contributed by atoms with Gasteiger partial charge in [-0.3, -0.25) is 4.79 Å². The third kappa shape index (κ3) is 5.00. The van der Waals surface area contributed by atoms with Crippen LogP contribution in [0.5, 0.6) is 5.75 Å². The van der Waals surface area contributed by atoms with Crippen LogP contribution in [0.15, 0.2) is 48.5 Å². The van der Waals surface area contributed by atoms with E-state index in [9.17, 15) is 9.59 Å². The van der Waals surface area contributed by atoms with Crippen LogP contribution in [0.4, 0.5) is 10.5 Å². The summed E-state index contributed by atoms with van der Waals surface area (Å²) in [5.41, 5.74) is 3.03. The molecule has 0 radical (unpaired) electrons. The number of ether oxygens (including phenoxy) is 1. The Hall–Kier alpha value is -3.02. The lowest BCUT2D eigenvalue weighted by atomic mass is 10.1. The van der Waals surface area contributed by atoms with Crippen LogP contribution in [-0.4, -0.2) is 31.1 Å². The van der Waals surface area contributed by atoms with Crippen LogP contribution in [0.3, 0.4) is 0 Å². The number of amides is 3. The van der Waals surface area contributed by atoms with E-state index in [1.54, 1.807) is 4.90 Å². The summed E-state index contributed by atoms with van der Waals surface area (Å²) in [7, 11) is 0. The molecule has 0 aromatic heterocycles. The van der Waals surface area contributed by atoms with Gasteiger partial charge in [0.05, 0.1) is 12.6 Å². The van der Waals surface area contributed by atoms with Crippen LogP contribution >= 0.6 is 0 Å². The van der Waals surface area contributed by atoms with Gasteiger partial charge in [-0.25, -0.2) is 4.79 Å². The van der Waals surface area contributed by atoms with Gasteiger partial charge in [0.25, 0.3) is 0 Å². The molecule has 2 aromatic rings. The third-order valence-corrected chi connectivity index (χ3v) is 4.49. The van der Waals surface area contributed by atoms with E-state index in [4.69, 9.17) is 4.74 Å². The summed E-state index contributed by atoms with van der Waals surface area (Å²) in [4.78, 5) is 26.1. The zero-order valence-corrected chi connectivity index (χ0v) is 15.7. The van der Waals surface area contributed by atoms with E-state index in [2.05, 4.69) is 10.6 Å². The highest BCUT2D eigenvalue weighted by molar-refractivity contribution is 5.96. The molecule has 0 bridgehead atoms. The quantitative estimate of drug-likeness (QED) is 0.825. The first-order valence-corrected chi connectivity index (χ1v) is 9.18. The van der Waals surface area contributed by atoms with Crippen LogP contribution in [0.25, 0.3) is 0 Å². The molecule has 1 aliphatic heterocycles. The Kier molecular flexibility index (Phi) is 5.96. The summed E-state index contributed by atoms with van der Waals surface area (Å²) in [6.45, 7) is 5.47. The minimum absolute atomic E-state index is 0.00277. The molecule has 0 aliphatic carbocycles. The standard InChI is InChI=1S/C21H25N3O3/c1-3-27-19-10-8-18(9-11-19)24-14-17(12-20(24)25)23-21(26)22-13-16-6-4-15(2)5-7-16/h4-11,17H,3,12-14H2,1-2H3,(H2,22,23,26)/t17-/m0/s1. The smallest absolute Gasteiger partial charge is 0.315 e. The van der Waals surface area contributed by atoms with E-state index in [-0.39, 0.29) is 18.0 Å². The van der Waals surface area contributed by atoms with Crippen molar-refractivity contribution in [3.05, 3.63) is 59.7 Å². The number of rotatable bonds is 6. The molecule has 1 heterocycles. The minimum atomic E-state index is -0.262. The molecule has 0 saturated carbocycles. The van der Waals surface area contributed by atoms with E-state index in [1.165, 1.54) is 5.56 Å². The molecule has 6 heteroatoms. The lowest BCUT2D eigenvalue weighted by Crippen LogP contribution is -2.43. The number of carbonyl (C=O) groups excluding carboxylic acids is 2. The predicted octanol–water partition coefficient (Wildman–Crippen LogP) is 3.00. The highest BCUT2D eigenvalue weighted by Gasteiger charge is 2.31. The number of carbonyl (C=O) groups is 2. The van der Waals surface area contributed by atoms with Gasteiger partial charge in [-0.1, -0.05) is 29.8 Å². The fourth-order valence-electron chi connectivity index (χ4n) is 3.07. The Bertz CT molecular complexity index is 787. The fourth-order valence-corrected chi connectivity index (χ4v) is 3.07. The third-order valence-electron chi connectivity index (χ3n) is 4.49. The van der Waals surface area contributed by atoms with Gasteiger partial charge in [-0.2, -0.15) is 0 Å². The second-order valence-electron chi connectivity index (χ2n) is 6.64. The Morgan fingerprint density at radius 2 is 1.85 bits per heavy atom. The Morgan fingerprint density at radius 1 is 1.15 bits per heavy atom. The topological polar surface area (TPSA) is 70.7 Å². The SMILES string of the molecule is CCOc1ccc(N2C[C@@H](NC(=O)NCc3ccc(C)cc3)CC2=O)cc1. The van der Waals surface area contributed by atoms with E-state index >= 15 is 0 Å². The number of nitrogens with one attached hydrogen (secondary N) is 2. The predicted molar refractivity (Wildman–Crippen MR) is 105 cm³/mol. The van der Waals surface area contributed by atoms with Gasteiger partial charge in [0, 0.05) is 25.2 Å². The summed E-state index contributed by atoms with van der Waals surface area (Å²) in [5, 5.41) is 5.72. The summed E-state index contributed by atoms with van der Waals surface area (Å²) in [6, 6.07) is 15.0. The first-order valence-electron chi connectivity index (χ1n) is 9.18. The van der Waals surface area contributed by atoms with Crippen molar-refractivity contribution in [3.63, 3.8) is 0 Å². The van der Waals surface area contributed by atoms with Crippen molar-refractivity contribution in [1.29, 1.82) is 0 Å². The number of nitrogens with zero attached hydrogens (tertiary/aromatic N) is 1. The van der Waals surface area contributed by atoms with Crippen molar-refractivity contribution in [2.45, 2.75) is 32.9 Å². The Labute approximate surface area is 159 Å². The highest BCUT2D eigenvalue weighted by atomic mass is 16.5. The summed E-state index contributed by atoms with van der Waals surface area (Å²) < 4.78 is 5.43. The fraction of sp³-hybridized carbons (Fsp3) is 0.333. The molecule has 6 nitrogen and oxygen atoms in total. The number of hydrogen-bond donors (Lipinski definition) is 2. The lowest BCUT2D eigenvalue weighted by Gasteiger charge is -2.18. The van der Waals surface area contributed by atoms with E-state index < -0.39 is 0 Å². The second-order valence-corrected chi connectivity index (χ2v) is 6.64. The first-order chi connectivity index (χ1) is 13.0. The van der Waals surface area contributed by atoms with Crippen LogP contribution in [0.1, 0.15) is 24.5 Å². The van der Waals surface area contributed by atoms with Crippen LogP contribution in [0.2, 0.25) is 0 Å². The Morgan fingerprint density at radius 3 is 2.52 bits per heavy atom. The molecule has 1 atom stereocenters. The molecule has 0 spiro atoms. The van der Waals surface area contributed by atoms with Crippen molar-refractivity contribution in [1.82, 2.24) is 10.6 Å². The molecule has 2 aromatic carbocycles. The minimum Gasteiger partial charge on any atom is -0.494 e.